The van der Waals surface area contributed by atoms with E-state index in [9.17, 15) is 4.79 Å². The first-order chi connectivity index (χ1) is 6.69. The third kappa shape index (κ3) is 1.29. The summed E-state index contributed by atoms with van der Waals surface area (Å²) >= 11 is 0. The molecule has 2 atom stereocenters. The molecule has 2 unspecified atom stereocenters. The minimum Gasteiger partial charge on any atom is -0.453 e. The predicted molar refractivity (Wildman–Crippen MR) is 53.1 cm³/mol. The van der Waals surface area contributed by atoms with Gasteiger partial charge in [-0.2, -0.15) is 0 Å². The Morgan fingerprint density at radius 2 is 2.36 bits per heavy atom. The summed E-state index contributed by atoms with van der Waals surface area (Å²) in [6.07, 6.45) is 2.11. The fourth-order valence-corrected chi connectivity index (χ4v) is 2.78. The molecule has 4 nitrogen and oxygen atoms in total. The van der Waals surface area contributed by atoms with Crippen molar-refractivity contribution in [1.29, 1.82) is 0 Å². The SMILES string of the molecule is COC(=O)N1CCC2(CCNC2)C1C. The molecule has 0 saturated carbocycles. The highest BCUT2D eigenvalue weighted by Crippen LogP contribution is 2.41. The topological polar surface area (TPSA) is 41.6 Å². The molecule has 1 N–H and O–H groups in total. The van der Waals surface area contributed by atoms with Crippen LogP contribution in [-0.4, -0.2) is 43.8 Å². The number of amides is 1. The van der Waals surface area contributed by atoms with Gasteiger partial charge in [0.2, 0.25) is 0 Å². The van der Waals surface area contributed by atoms with E-state index in [1.54, 1.807) is 0 Å². The molecule has 1 amide bonds. The molecule has 2 saturated heterocycles. The number of hydrogen-bond acceptors (Lipinski definition) is 3. The van der Waals surface area contributed by atoms with Crippen LogP contribution >= 0.6 is 0 Å². The van der Waals surface area contributed by atoms with Crippen molar-refractivity contribution < 1.29 is 9.53 Å². The van der Waals surface area contributed by atoms with E-state index in [-0.39, 0.29) is 6.09 Å². The van der Waals surface area contributed by atoms with E-state index in [0.29, 0.717) is 11.5 Å². The third-order valence-corrected chi connectivity index (χ3v) is 3.89. The third-order valence-electron chi connectivity index (χ3n) is 3.89. The summed E-state index contributed by atoms with van der Waals surface area (Å²) in [5.74, 6) is 0. The smallest absolute Gasteiger partial charge is 0.409 e. The Bertz CT molecular complexity index is 236. The summed E-state index contributed by atoms with van der Waals surface area (Å²) in [5, 5.41) is 3.38. The maximum absolute atomic E-state index is 11.4. The first kappa shape index (κ1) is 9.77. The molecule has 2 aliphatic rings. The molecular weight excluding hydrogens is 180 g/mol. The van der Waals surface area contributed by atoms with Crippen molar-refractivity contribution in [1.82, 2.24) is 10.2 Å². The van der Waals surface area contributed by atoms with Crippen LogP contribution in [0, 0.1) is 5.41 Å². The van der Waals surface area contributed by atoms with Crippen molar-refractivity contribution >= 4 is 6.09 Å². The molecule has 0 aliphatic carbocycles. The molecule has 0 aromatic carbocycles. The zero-order valence-electron chi connectivity index (χ0n) is 8.88. The molecular formula is C10H18N2O2. The van der Waals surface area contributed by atoms with Gasteiger partial charge < -0.3 is 15.0 Å². The van der Waals surface area contributed by atoms with Gasteiger partial charge in [-0.1, -0.05) is 0 Å². The van der Waals surface area contributed by atoms with Gasteiger partial charge in [0.25, 0.3) is 0 Å². The molecule has 2 aliphatic heterocycles. The Morgan fingerprint density at radius 1 is 1.57 bits per heavy atom. The molecule has 0 aromatic rings. The van der Waals surface area contributed by atoms with Gasteiger partial charge in [-0.3, -0.25) is 0 Å². The average Bonchev–Trinajstić information content (AvgIpc) is 2.78. The molecule has 2 fully saturated rings. The average molecular weight is 198 g/mol. The number of methoxy groups -OCH3 is 1. The Balaban J connectivity index is 2.09. The van der Waals surface area contributed by atoms with Crippen LogP contribution in [0.15, 0.2) is 0 Å². The van der Waals surface area contributed by atoms with Crippen molar-refractivity contribution in [2.24, 2.45) is 5.41 Å². The summed E-state index contributed by atoms with van der Waals surface area (Å²) in [5.41, 5.74) is 0.314. The van der Waals surface area contributed by atoms with Crippen molar-refractivity contribution in [3.8, 4) is 0 Å². The van der Waals surface area contributed by atoms with Crippen molar-refractivity contribution in [2.45, 2.75) is 25.8 Å². The highest BCUT2D eigenvalue weighted by Gasteiger charge is 2.48. The maximum Gasteiger partial charge on any atom is 0.409 e. The Kier molecular flexibility index (Phi) is 2.39. The van der Waals surface area contributed by atoms with Crippen LogP contribution in [-0.2, 0) is 4.74 Å². The number of likely N-dealkylation sites (tertiary alicyclic amines) is 1. The molecule has 0 radical (unpaired) electrons. The number of nitrogens with one attached hydrogen (secondary N) is 1. The molecule has 1 spiro atoms. The van der Waals surface area contributed by atoms with Crippen LogP contribution in [0.2, 0.25) is 0 Å². The normalized spacial score (nSPS) is 36.7. The standard InChI is InChI=1S/C10H18N2O2/c1-8-10(3-5-11-7-10)4-6-12(8)9(13)14-2/h8,11H,3-7H2,1-2H3. The number of rotatable bonds is 0. The number of ether oxygens (including phenoxy) is 1. The van der Waals surface area contributed by atoms with E-state index in [1.807, 2.05) is 4.90 Å². The number of hydrogen-bond donors (Lipinski definition) is 1. The van der Waals surface area contributed by atoms with E-state index >= 15 is 0 Å². The van der Waals surface area contributed by atoms with Gasteiger partial charge in [0, 0.05) is 24.5 Å². The summed E-state index contributed by atoms with van der Waals surface area (Å²) in [4.78, 5) is 13.3. The van der Waals surface area contributed by atoms with Gasteiger partial charge >= 0.3 is 6.09 Å². The van der Waals surface area contributed by atoms with Crippen LogP contribution < -0.4 is 5.32 Å². The quantitative estimate of drug-likeness (QED) is 0.626. The molecule has 0 bridgehead atoms. The lowest BCUT2D eigenvalue weighted by Crippen LogP contribution is -2.41. The summed E-state index contributed by atoms with van der Waals surface area (Å²) in [6.45, 7) is 5.10. The van der Waals surface area contributed by atoms with Gasteiger partial charge in [-0.25, -0.2) is 4.79 Å². The number of carbonyl (C=O) groups is 1. The van der Waals surface area contributed by atoms with E-state index in [0.717, 1.165) is 26.1 Å². The highest BCUT2D eigenvalue weighted by atomic mass is 16.5. The first-order valence-corrected chi connectivity index (χ1v) is 5.25. The van der Waals surface area contributed by atoms with Gasteiger partial charge in [0.1, 0.15) is 0 Å². The largest absolute Gasteiger partial charge is 0.453 e. The summed E-state index contributed by atoms with van der Waals surface area (Å²) in [7, 11) is 1.45. The van der Waals surface area contributed by atoms with Gasteiger partial charge in [0.15, 0.2) is 0 Å². The zero-order chi connectivity index (χ0) is 10.2. The highest BCUT2D eigenvalue weighted by molar-refractivity contribution is 5.68. The minimum absolute atomic E-state index is 0.179. The molecule has 0 aromatic heterocycles. The minimum atomic E-state index is -0.179. The van der Waals surface area contributed by atoms with Crippen LogP contribution in [0.3, 0.4) is 0 Å². The lowest BCUT2D eigenvalue weighted by Gasteiger charge is -2.30. The molecule has 2 heterocycles. The zero-order valence-corrected chi connectivity index (χ0v) is 8.88. The van der Waals surface area contributed by atoms with Crippen LogP contribution in [0.25, 0.3) is 0 Å². The second-order valence-corrected chi connectivity index (χ2v) is 4.38. The van der Waals surface area contributed by atoms with Crippen LogP contribution in [0.1, 0.15) is 19.8 Å². The van der Waals surface area contributed by atoms with Crippen LogP contribution in [0.4, 0.5) is 4.79 Å². The lowest BCUT2D eigenvalue weighted by atomic mass is 9.80. The Labute approximate surface area is 84.6 Å². The maximum atomic E-state index is 11.4. The van der Waals surface area contributed by atoms with E-state index < -0.39 is 0 Å². The number of carbonyl (C=O) groups excluding carboxylic acids is 1. The molecule has 14 heavy (non-hydrogen) atoms. The van der Waals surface area contributed by atoms with Gasteiger partial charge in [-0.05, 0) is 26.3 Å². The summed E-state index contributed by atoms with van der Waals surface area (Å²) < 4.78 is 4.77. The van der Waals surface area contributed by atoms with Crippen molar-refractivity contribution in [2.75, 3.05) is 26.7 Å². The first-order valence-electron chi connectivity index (χ1n) is 5.25. The second-order valence-electron chi connectivity index (χ2n) is 4.38. The molecule has 80 valence electrons. The molecule has 4 heteroatoms. The predicted octanol–water partition coefficient (Wildman–Crippen LogP) is 0.827. The fourth-order valence-electron chi connectivity index (χ4n) is 2.78. The van der Waals surface area contributed by atoms with Crippen molar-refractivity contribution in [3.63, 3.8) is 0 Å². The lowest BCUT2D eigenvalue weighted by molar-refractivity contribution is 0.108. The van der Waals surface area contributed by atoms with Crippen LogP contribution in [0.5, 0.6) is 0 Å². The summed E-state index contributed by atoms with van der Waals surface area (Å²) in [6, 6.07) is 0.310. The van der Waals surface area contributed by atoms with E-state index in [1.165, 1.54) is 13.5 Å². The monoisotopic (exact) mass is 198 g/mol. The van der Waals surface area contributed by atoms with Gasteiger partial charge in [-0.15, -0.1) is 0 Å². The number of nitrogens with zero attached hydrogens (tertiary/aromatic N) is 1. The fraction of sp³-hybridized carbons (Fsp3) is 0.900. The Hall–Kier alpha value is -0.770. The Morgan fingerprint density at radius 3 is 2.93 bits per heavy atom. The van der Waals surface area contributed by atoms with Crippen molar-refractivity contribution in [3.05, 3.63) is 0 Å². The van der Waals surface area contributed by atoms with E-state index in [2.05, 4.69) is 12.2 Å². The molecule has 2 rings (SSSR count). The second kappa shape index (κ2) is 3.42. The van der Waals surface area contributed by atoms with Gasteiger partial charge in [0.05, 0.1) is 7.11 Å². The van der Waals surface area contributed by atoms with E-state index in [4.69, 9.17) is 4.74 Å².